The number of rotatable bonds is 6. The Morgan fingerprint density at radius 3 is 2.48 bits per heavy atom. The smallest absolute Gasteiger partial charge is 0.325 e. The van der Waals surface area contributed by atoms with Gasteiger partial charge in [0.2, 0.25) is 15.7 Å². The standard InChI is InChI=1S/C18H14F2N2O3S2/c19-18(20)27(24,25)13-7-5-12(6-8-13)22-17(23)11-26-16-9-10-21-15-4-2-1-3-14(15)16/h1-10,18H,11H2,(H,22,23). The van der Waals surface area contributed by atoms with E-state index < -0.39 is 20.5 Å². The van der Waals surface area contributed by atoms with Crippen LogP contribution < -0.4 is 5.32 Å². The molecule has 0 aliphatic carbocycles. The second-order valence-electron chi connectivity index (χ2n) is 5.49. The van der Waals surface area contributed by atoms with Crippen molar-refractivity contribution in [2.24, 2.45) is 0 Å². The third-order valence-corrected chi connectivity index (χ3v) is 6.14. The highest BCUT2D eigenvalue weighted by molar-refractivity contribution is 8.00. The zero-order chi connectivity index (χ0) is 19.4. The van der Waals surface area contributed by atoms with Crippen LogP contribution >= 0.6 is 11.8 Å². The number of para-hydroxylation sites is 1. The van der Waals surface area contributed by atoms with E-state index in [1.165, 1.54) is 23.9 Å². The number of pyridine rings is 1. The number of alkyl halides is 2. The fourth-order valence-electron chi connectivity index (χ4n) is 2.37. The molecule has 3 rings (SSSR count). The molecule has 1 N–H and O–H groups in total. The molecule has 0 aliphatic heterocycles. The van der Waals surface area contributed by atoms with Crippen LogP contribution in [0, 0.1) is 0 Å². The monoisotopic (exact) mass is 408 g/mol. The molecule has 3 aromatic rings. The molecule has 9 heteroatoms. The molecule has 27 heavy (non-hydrogen) atoms. The van der Waals surface area contributed by atoms with E-state index in [2.05, 4.69) is 10.3 Å². The molecule has 0 atom stereocenters. The summed E-state index contributed by atoms with van der Waals surface area (Å²) in [5, 5.41) is 3.55. The van der Waals surface area contributed by atoms with Gasteiger partial charge < -0.3 is 5.32 Å². The molecule has 0 aliphatic rings. The molecule has 140 valence electrons. The summed E-state index contributed by atoms with van der Waals surface area (Å²) in [6.07, 6.45) is 1.67. The van der Waals surface area contributed by atoms with Crippen LogP contribution in [0.1, 0.15) is 0 Å². The van der Waals surface area contributed by atoms with Gasteiger partial charge in [-0.1, -0.05) is 18.2 Å². The minimum Gasteiger partial charge on any atom is -0.325 e. The lowest BCUT2D eigenvalue weighted by atomic mass is 10.2. The Labute approximate surface area is 158 Å². The highest BCUT2D eigenvalue weighted by Gasteiger charge is 2.26. The fourth-order valence-corrected chi connectivity index (χ4v) is 3.93. The minimum absolute atomic E-state index is 0.130. The fraction of sp³-hybridized carbons (Fsp3) is 0.111. The molecular formula is C18H14F2N2O3S2. The van der Waals surface area contributed by atoms with E-state index in [0.29, 0.717) is 5.69 Å². The van der Waals surface area contributed by atoms with Gasteiger partial charge in [0, 0.05) is 22.2 Å². The molecule has 0 radical (unpaired) electrons. The van der Waals surface area contributed by atoms with Crippen molar-refractivity contribution in [1.82, 2.24) is 4.98 Å². The number of aromatic nitrogens is 1. The van der Waals surface area contributed by atoms with Gasteiger partial charge in [-0.2, -0.15) is 8.78 Å². The number of hydrogen-bond acceptors (Lipinski definition) is 5. The zero-order valence-corrected chi connectivity index (χ0v) is 15.4. The normalized spacial score (nSPS) is 11.7. The number of fused-ring (bicyclic) bond motifs is 1. The Morgan fingerprint density at radius 1 is 1.07 bits per heavy atom. The van der Waals surface area contributed by atoms with Gasteiger partial charge in [0.1, 0.15) is 0 Å². The van der Waals surface area contributed by atoms with Crippen LogP contribution in [0.4, 0.5) is 14.5 Å². The maximum atomic E-state index is 12.5. The Balaban J connectivity index is 1.64. The van der Waals surface area contributed by atoms with E-state index in [-0.39, 0.29) is 11.7 Å². The summed E-state index contributed by atoms with van der Waals surface area (Å²) in [4.78, 5) is 16.8. The van der Waals surface area contributed by atoms with Crippen molar-refractivity contribution in [2.75, 3.05) is 11.1 Å². The van der Waals surface area contributed by atoms with Crippen molar-refractivity contribution in [3.8, 4) is 0 Å². The lowest BCUT2D eigenvalue weighted by molar-refractivity contribution is -0.113. The second kappa shape index (κ2) is 8.01. The Bertz CT molecular complexity index is 1070. The number of carbonyl (C=O) groups excluding carboxylic acids is 1. The Hall–Kier alpha value is -2.52. The molecule has 0 fully saturated rings. The lowest BCUT2D eigenvalue weighted by Gasteiger charge is -2.08. The van der Waals surface area contributed by atoms with E-state index >= 15 is 0 Å². The van der Waals surface area contributed by atoms with Crippen molar-refractivity contribution in [3.63, 3.8) is 0 Å². The summed E-state index contributed by atoms with van der Waals surface area (Å²) < 4.78 is 47.8. The summed E-state index contributed by atoms with van der Waals surface area (Å²) in [6, 6.07) is 14.0. The molecule has 0 saturated carbocycles. The summed E-state index contributed by atoms with van der Waals surface area (Å²) in [5.74, 6) is -3.65. The number of anilines is 1. The first-order valence-electron chi connectivity index (χ1n) is 7.76. The molecule has 1 amide bonds. The number of carbonyl (C=O) groups is 1. The highest BCUT2D eigenvalue weighted by Crippen LogP contribution is 2.26. The third kappa shape index (κ3) is 4.42. The molecule has 0 bridgehead atoms. The maximum Gasteiger partial charge on any atom is 0.341 e. The number of halogens is 2. The largest absolute Gasteiger partial charge is 0.341 e. The van der Waals surface area contributed by atoms with Crippen molar-refractivity contribution >= 4 is 44.1 Å². The average Bonchev–Trinajstić information content (AvgIpc) is 2.66. The first-order chi connectivity index (χ1) is 12.9. The summed E-state index contributed by atoms with van der Waals surface area (Å²) in [7, 11) is -4.65. The number of benzene rings is 2. The summed E-state index contributed by atoms with van der Waals surface area (Å²) >= 11 is 1.34. The zero-order valence-electron chi connectivity index (χ0n) is 13.8. The van der Waals surface area contributed by atoms with Crippen LogP contribution in [0.15, 0.2) is 70.6 Å². The summed E-state index contributed by atoms with van der Waals surface area (Å²) in [5.41, 5.74) is 1.16. The van der Waals surface area contributed by atoms with Crippen LogP contribution in [0.5, 0.6) is 0 Å². The molecular weight excluding hydrogens is 394 g/mol. The van der Waals surface area contributed by atoms with E-state index in [9.17, 15) is 22.0 Å². The molecule has 1 aromatic heterocycles. The topological polar surface area (TPSA) is 76.1 Å². The van der Waals surface area contributed by atoms with E-state index in [1.54, 1.807) is 6.20 Å². The van der Waals surface area contributed by atoms with Gasteiger partial charge in [-0.25, -0.2) is 8.42 Å². The van der Waals surface area contributed by atoms with Crippen molar-refractivity contribution < 1.29 is 22.0 Å². The number of thioether (sulfide) groups is 1. The number of nitrogens with zero attached hydrogens (tertiary/aromatic N) is 1. The van der Waals surface area contributed by atoms with Gasteiger partial charge in [0.05, 0.1) is 16.2 Å². The predicted octanol–water partition coefficient (Wildman–Crippen LogP) is 3.96. The Morgan fingerprint density at radius 2 is 1.78 bits per heavy atom. The predicted molar refractivity (Wildman–Crippen MR) is 101 cm³/mol. The van der Waals surface area contributed by atoms with E-state index in [4.69, 9.17) is 0 Å². The van der Waals surface area contributed by atoms with Crippen LogP contribution in [0.25, 0.3) is 10.9 Å². The van der Waals surface area contributed by atoms with Crippen LogP contribution in [-0.2, 0) is 14.6 Å². The maximum absolute atomic E-state index is 12.5. The van der Waals surface area contributed by atoms with Gasteiger partial charge in [-0.15, -0.1) is 11.8 Å². The number of hydrogen-bond donors (Lipinski definition) is 1. The van der Waals surface area contributed by atoms with Crippen LogP contribution in [0.3, 0.4) is 0 Å². The van der Waals surface area contributed by atoms with Gasteiger partial charge in [0.15, 0.2) is 0 Å². The van der Waals surface area contributed by atoms with Crippen molar-refractivity contribution in [2.45, 2.75) is 15.5 Å². The first kappa shape index (κ1) is 19.2. The van der Waals surface area contributed by atoms with E-state index in [0.717, 1.165) is 27.9 Å². The van der Waals surface area contributed by atoms with Crippen molar-refractivity contribution in [3.05, 3.63) is 60.8 Å². The quantitative estimate of drug-likeness (QED) is 0.625. The Kier molecular flexibility index (Phi) is 5.71. The molecule has 0 spiro atoms. The van der Waals surface area contributed by atoms with Gasteiger partial charge >= 0.3 is 5.76 Å². The van der Waals surface area contributed by atoms with Crippen LogP contribution in [0.2, 0.25) is 0 Å². The lowest BCUT2D eigenvalue weighted by Crippen LogP contribution is -2.15. The van der Waals surface area contributed by atoms with E-state index in [1.807, 2.05) is 30.3 Å². The minimum atomic E-state index is -4.65. The third-order valence-electron chi connectivity index (χ3n) is 3.67. The van der Waals surface area contributed by atoms with Gasteiger partial charge in [0.25, 0.3) is 0 Å². The molecule has 2 aromatic carbocycles. The van der Waals surface area contributed by atoms with Crippen LogP contribution in [-0.4, -0.2) is 30.8 Å². The van der Waals surface area contributed by atoms with Crippen molar-refractivity contribution in [1.29, 1.82) is 0 Å². The summed E-state index contributed by atoms with van der Waals surface area (Å²) in [6.45, 7) is 0. The molecule has 1 heterocycles. The average molecular weight is 408 g/mol. The molecule has 0 unspecified atom stereocenters. The molecule has 5 nitrogen and oxygen atoms in total. The van der Waals surface area contributed by atoms with Gasteiger partial charge in [-0.05, 0) is 36.4 Å². The van der Waals surface area contributed by atoms with Gasteiger partial charge in [-0.3, -0.25) is 9.78 Å². The SMILES string of the molecule is O=C(CSc1ccnc2ccccc12)Nc1ccc(S(=O)(=O)C(F)F)cc1. The second-order valence-corrected chi connectivity index (χ2v) is 8.43. The number of amides is 1. The number of nitrogens with one attached hydrogen (secondary N) is 1. The first-order valence-corrected chi connectivity index (χ1v) is 10.3. The highest BCUT2D eigenvalue weighted by atomic mass is 32.2. The molecule has 0 saturated heterocycles. The number of sulfone groups is 1.